The number of nitrogens with one attached hydrogen (secondary N) is 2. The standard InChI is InChI=1S/C20H30BN3O11S.C19H29BN4O11S.C19H30BN3O11S.C15H27BN4O9S.CO2/c22-20(16(29)30)12-23(36(32,33)24-10-18(11-24)4-2-5-18)9-13(20)3-1-6-21-34-17(31)19(35-21,7-14(25)26)8-15(27)28;21-19(15(29)30)11-23(36(32,33)24-9-17(10-24)3-5-22-17)8-12(19)2-1-4-20-34-16(31)18(35-20,6-13(25)26)7-14(27)28;21-19(16(28)29)12-23(35(31,32)22-7-2-1-3-8-22)11-13(19)5-4-6-20-33-17(30)18(34-20,9-14(24)25)10-15(26)27;1-14(11(21)22)9-28-16(29-13(14)25)4-2-3-10-7-20(8-15(10,18)12(23)24)30(26,27)19-6-5-17;2-1-3/h13H,1-12,22H2,(H,25,26)(H,27,28)(H,29,30);12,22H,1-11,21H2,(H,25,26)(H,27,28)(H,29,30);13H,1-12,21H2,(H,24,25)(H,26,27)(H,28,29);10,19H,2-9,17-18H2,1H3,(H,21,22)(H,23,24);/t13-,20-;12-,19-;13-,19-;10-,14?,15-;/m0000./s1. The number of carbonyl (C=O) groups is 15. The number of piperidine rings is 1. The predicted molar refractivity (Wildman–Crippen MR) is 467 cm³/mol. The van der Waals surface area contributed by atoms with Crippen LogP contribution in [0, 0.1) is 34.5 Å². The number of nitrogens with two attached hydrogens (primary N) is 5. The molecule has 140 heavy (non-hydrogen) atoms. The summed E-state index contributed by atoms with van der Waals surface area (Å²) >= 11 is 0. The lowest BCUT2D eigenvalue weighted by molar-refractivity contribution is -0.192. The molecule has 58 nitrogen and oxygen atoms in total. The van der Waals surface area contributed by atoms with Crippen LogP contribution >= 0.6 is 0 Å². The molecule has 12 aliphatic heterocycles. The van der Waals surface area contributed by atoms with Crippen LogP contribution in [0.25, 0.3) is 0 Å². The number of carbonyl (C=O) groups excluding carboxylic acids is 6. The molecule has 1 unspecified atom stereocenters. The zero-order chi connectivity index (χ0) is 105. The maximum atomic E-state index is 13.1. The van der Waals surface area contributed by atoms with Crippen molar-refractivity contribution < 1.29 is 209 Å². The van der Waals surface area contributed by atoms with Crippen LogP contribution in [0.3, 0.4) is 0 Å². The topological polar surface area (TPSA) is 900 Å². The quantitative estimate of drug-likeness (QED) is 0.0199. The van der Waals surface area contributed by atoms with Crippen molar-refractivity contribution in [3.8, 4) is 0 Å². The van der Waals surface area contributed by atoms with Gasteiger partial charge in [0.15, 0.2) is 22.2 Å². The average molecular weight is 2080 g/mol. The second kappa shape index (κ2) is 45.0. The average Bonchev–Trinajstić information content (AvgIpc) is 1.37. The van der Waals surface area contributed by atoms with Gasteiger partial charge < -0.3 is 127 Å². The number of hydrogen-bond donors (Lipinski definition) is 18. The van der Waals surface area contributed by atoms with E-state index in [1.807, 2.05) is 0 Å². The highest BCUT2D eigenvalue weighted by Gasteiger charge is 2.64. The van der Waals surface area contributed by atoms with Crippen molar-refractivity contribution in [1.82, 2.24) is 40.2 Å². The Hall–Kier alpha value is -9.23. The SMILES string of the molecule is CC1(C(=O)O)COB(CCC[C@H]2CN(S(=O)(=O)NCCN)C[C@@]2(N)C(=O)O)OC1=O.N[C@@]1(C(=O)O)CN(S(=O)(=O)N2CC3(CCC3)C2)C[C@@H]1CCCB1OC(=O)C(CC(=O)O)(CC(=O)O)O1.N[C@@]1(C(=O)O)CN(S(=O)(=O)N2CC3(CCN3)C2)C[C@@H]1CCCB1OC(=O)C(CC(=O)O)(CC(=O)O)O1.N[C@@]1(C(=O)O)CN(S(=O)(=O)N2CCCCC2)C[C@@H]1CCCB1OC(=O)C(CC(=O)O)(CC(=O)O)O1.O=C=O. The molecular formula is C74H116B4N14O44S4. The van der Waals surface area contributed by atoms with Crippen molar-refractivity contribution in [3.05, 3.63) is 0 Å². The minimum atomic E-state index is -3.92. The van der Waals surface area contributed by atoms with Crippen molar-refractivity contribution in [2.75, 3.05) is 118 Å². The van der Waals surface area contributed by atoms with Gasteiger partial charge in [-0.15, -0.1) is 0 Å². The lowest BCUT2D eigenvalue weighted by atomic mass is 9.65. The molecule has 0 bridgehead atoms. The van der Waals surface area contributed by atoms with Gasteiger partial charge in [0, 0.05) is 134 Å². The Bertz CT molecular complexity index is 5010. The van der Waals surface area contributed by atoms with Crippen molar-refractivity contribution in [2.24, 2.45) is 63.2 Å². The largest absolute Gasteiger partial charge is 0.528 e. The minimum Gasteiger partial charge on any atom is -0.509 e. The first-order valence-corrected chi connectivity index (χ1v) is 50.2. The first kappa shape index (κ1) is 114. The van der Waals surface area contributed by atoms with Crippen LogP contribution in [0.4, 0.5) is 0 Å². The number of rotatable bonds is 43. The maximum Gasteiger partial charge on any atom is 0.528 e. The summed E-state index contributed by atoms with van der Waals surface area (Å²) in [6.07, 6.45) is 3.22. The third kappa shape index (κ3) is 25.6. The van der Waals surface area contributed by atoms with E-state index in [9.17, 15) is 126 Å². The van der Waals surface area contributed by atoms with E-state index in [4.69, 9.17) is 111 Å². The van der Waals surface area contributed by atoms with Crippen LogP contribution in [-0.4, -0.2) is 407 Å². The number of nitrogens with zero attached hydrogens (tertiary/aromatic N) is 7. The number of carboxylic acids is 11. The summed E-state index contributed by atoms with van der Waals surface area (Å²) in [5.41, 5.74) is 14.3. The predicted octanol–water partition coefficient (Wildman–Crippen LogP) is -7.71. The summed E-state index contributed by atoms with van der Waals surface area (Å²) in [6, 6.07) is 0. The second-order valence-electron chi connectivity index (χ2n) is 37.7. The Labute approximate surface area is 802 Å². The van der Waals surface area contributed by atoms with Gasteiger partial charge in [-0.3, -0.25) is 71.9 Å². The molecule has 2 spiro atoms. The summed E-state index contributed by atoms with van der Waals surface area (Å²) in [4.78, 5) is 191. The highest BCUT2D eigenvalue weighted by atomic mass is 32.2. The molecule has 12 saturated heterocycles. The van der Waals surface area contributed by atoms with Crippen molar-refractivity contribution in [2.45, 2.75) is 212 Å². The molecule has 782 valence electrons. The molecule has 66 heteroatoms. The van der Waals surface area contributed by atoms with E-state index >= 15 is 0 Å². The van der Waals surface area contributed by atoms with E-state index in [1.54, 1.807) is 0 Å². The molecule has 13 aliphatic rings. The number of carboxylic acid groups (broad SMARTS) is 11. The van der Waals surface area contributed by atoms with E-state index in [-0.39, 0.29) is 153 Å². The Balaban J connectivity index is 0.000000207. The smallest absolute Gasteiger partial charge is 0.509 e. The zero-order valence-electron chi connectivity index (χ0n) is 76.1. The molecular weight excluding hydrogens is 1960 g/mol. The van der Waals surface area contributed by atoms with Crippen molar-refractivity contribution in [3.63, 3.8) is 0 Å². The molecule has 12 heterocycles. The first-order chi connectivity index (χ1) is 65.0. The molecule has 0 amide bonds. The molecule has 9 atom stereocenters. The molecule has 0 aromatic carbocycles. The van der Waals surface area contributed by atoms with Gasteiger partial charge >= 0.3 is 124 Å². The van der Waals surface area contributed by atoms with Crippen LogP contribution in [-0.2, 0) is 160 Å². The fourth-order valence-corrected chi connectivity index (χ4v) is 26.2. The molecule has 1 saturated carbocycles. The van der Waals surface area contributed by atoms with E-state index in [2.05, 4.69) is 10.0 Å². The second-order valence-corrected chi connectivity index (χ2v) is 45.3. The van der Waals surface area contributed by atoms with E-state index in [0.717, 1.165) is 68.7 Å². The van der Waals surface area contributed by atoms with Crippen LogP contribution in [0.5, 0.6) is 0 Å². The summed E-state index contributed by atoms with van der Waals surface area (Å²) in [5, 5.41) is 106. The Kier molecular flexibility index (Phi) is 36.7. The number of aliphatic carboxylic acids is 11. The van der Waals surface area contributed by atoms with Gasteiger partial charge in [-0.25, -0.2) is 4.72 Å². The maximum absolute atomic E-state index is 13.1. The van der Waals surface area contributed by atoms with Gasteiger partial charge in [0.1, 0.15) is 22.2 Å². The highest BCUT2D eigenvalue weighted by molar-refractivity contribution is 7.87. The van der Waals surface area contributed by atoms with Gasteiger partial charge in [0.05, 0.1) is 45.1 Å². The van der Waals surface area contributed by atoms with Crippen molar-refractivity contribution in [1.29, 1.82) is 0 Å². The number of hydrogen-bond acceptors (Lipinski definition) is 39. The molecule has 0 aromatic rings. The fourth-order valence-electron chi connectivity index (χ4n) is 19.3. The third-order valence-corrected chi connectivity index (χ3v) is 34.9. The summed E-state index contributed by atoms with van der Waals surface area (Å²) in [5.74, 6) is -22.3. The molecule has 13 rings (SSSR count). The van der Waals surface area contributed by atoms with Crippen LogP contribution in [0.2, 0.25) is 25.3 Å². The lowest BCUT2D eigenvalue weighted by Gasteiger charge is -2.55. The molecule has 0 aromatic heterocycles. The van der Waals surface area contributed by atoms with Gasteiger partial charge in [0.25, 0.3) is 40.8 Å². The van der Waals surface area contributed by atoms with Gasteiger partial charge in [-0.1, -0.05) is 38.5 Å². The van der Waals surface area contributed by atoms with Gasteiger partial charge in [-0.2, -0.15) is 73.4 Å². The zero-order valence-corrected chi connectivity index (χ0v) is 79.3. The highest BCUT2D eigenvalue weighted by Crippen LogP contribution is 2.51. The minimum absolute atomic E-state index is 0.00773. The Morgan fingerprint density at radius 2 is 0.700 bits per heavy atom. The van der Waals surface area contributed by atoms with Gasteiger partial charge in [0.2, 0.25) is 0 Å². The summed E-state index contributed by atoms with van der Waals surface area (Å²) in [7, 11) is -20.2. The summed E-state index contributed by atoms with van der Waals surface area (Å²) < 4.78 is 155. The molecule has 0 radical (unpaired) electrons. The Morgan fingerprint density at radius 1 is 0.407 bits per heavy atom. The fraction of sp³-hybridized carbons (Fsp3) is 0.784. The van der Waals surface area contributed by atoms with Crippen LogP contribution in [0.1, 0.15) is 142 Å². The van der Waals surface area contributed by atoms with Crippen LogP contribution < -0.4 is 38.7 Å². The summed E-state index contributed by atoms with van der Waals surface area (Å²) in [6.45, 7) is 2.14. The molecule has 13 fully saturated rings. The monoisotopic (exact) mass is 2080 g/mol. The normalized spacial score (nSPS) is 28.6. The third-order valence-electron chi connectivity index (χ3n) is 27.7. The van der Waals surface area contributed by atoms with Crippen molar-refractivity contribution >= 4 is 165 Å². The lowest BCUT2D eigenvalue weighted by Crippen LogP contribution is -2.77. The molecule has 1 aliphatic carbocycles. The first-order valence-electron chi connectivity index (χ1n) is 44.6. The van der Waals surface area contributed by atoms with Crippen LogP contribution in [0.15, 0.2) is 0 Å². The van der Waals surface area contributed by atoms with E-state index < -0.39 is 272 Å². The van der Waals surface area contributed by atoms with Gasteiger partial charge in [-0.05, 0) is 102 Å². The van der Waals surface area contributed by atoms with E-state index in [1.165, 1.54) is 19.8 Å². The van der Waals surface area contributed by atoms with E-state index in [0.29, 0.717) is 45.7 Å². The molecule has 23 N–H and O–H groups in total. The Morgan fingerprint density at radius 3 is 0.971 bits per heavy atom.